The third-order valence-electron chi connectivity index (χ3n) is 6.27. The van der Waals surface area contributed by atoms with Crippen LogP contribution in [0, 0.1) is 0 Å². The van der Waals surface area contributed by atoms with Crippen molar-refractivity contribution in [1.82, 2.24) is 0 Å². The quantitative estimate of drug-likeness (QED) is 0.490. The molecular weight excluding hydrogens is 331 g/mol. The monoisotopic (exact) mass is 366 g/mol. The summed E-state index contributed by atoms with van der Waals surface area (Å²) in [5.41, 5.74) is 3.13. The predicted molar refractivity (Wildman–Crippen MR) is 118 cm³/mol. The first-order valence-corrected chi connectivity index (χ1v) is 11.3. The lowest BCUT2D eigenvalue weighted by atomic mass is 9.53. The van der Waals surface area contributed by atoms with E-state index in [1.807, 2.05) is 0 Å². The molecule has 0 spiro atoms. The third kappa shape index (κ3) is 2.95. The van der Waals surface area contributed by atoms with E-state index in [0.717, 1.165) is 0 Å². The van der Waals surface area contributed by atoms with Crippen LogP contribution >= 0.6 is 7.92 Å². The zero-order valence-corrected chi connectivity index (χ0v) is 18.5. The molecule has 2 aromatic carbocycles. The van der Waals surface area contributed by atoms with Gasteiger partial charge in [0.2, 0.25) is 0 Å². The van der Waals surface area contributed by atoms with Crippen LogP contribution in [-0.4, -0.2) is 15.5 Å². The van der Waals surface area contributed by atoms with Crippen LogP contribution in [0.3, 0.4) is 0 Å². The maximum absolute atomic E-state index is 2.60. The van der Waals surface area contributed by atoms with E-state index in [1.165, 1.54) is 24.0 Å². The minimum atomic E-state index is -0.234. The van der Waals surface area contributed by atoms with E-state index < -0.39 is 0 Å². The van der Waals surface area contributed by atoms with Crippen molar-refractivity contribution in [2.75, 3.05) is 0 Å². The highest BCUT2D eigenvalue weighted by Crippen LogP contribution is 2.78. The molecule has 0 nitrogen and oxygen atoms in total. The molecule has 140 valence electrons. The van der Waals surface area contributed by atoms with Crippen molar-refractivity contribution in [3.8, 4) is 0 Å². The Balaban J connectivity index is 2.26. The highest BCUT2D eigenvalue weighted by molar-refractivity contribution is 7.62. The first-order valence-electron chi connectivity index (χ1n) is 9.95. The molecule has 0 radical (unpaired) electrons. The van der Waals surface area contributed by atoms with Crippen molar-refractivity contribution >= 4 is 7.92 Å². The van der Waals surface area contributed by atoms with Gasteiger partial charge >= 0.3 is 0 Å². The maximum atomic E-state index is 2.60. The van der Waals surface area contributed by atoms with Gasteiger partial charge in [-0.05, 0) is 34.3 Å². The van der Waals surface area contributed by atoms with Gasteiger partial charge in [-0.15, -0.1) is 0 Å². The topological polar surface area (TPSA) is 0 Å². The highest BCUT2D eigenvalue weighted by Gasteiger charge is 2.64. The summed E-state index contributed by atoms with van der Waals surface area (Å²) in [6, 6.07) is 22.6. The first-order chi connectivity index (χ1) is 12.0. The molecule has 0 saturated heterocycles. The van der Waals surface area contributed by atoms with Gasteiger partial charge in [0.1, 0.15) is 0 Å². The van der Waals surface area contributed by atoms with Crippen LogP contribution in [0.2, 0.25) is 0 Å². The van der Waals surface area contributed by atoms with Gasteiger partial charge in [-0.1, -0.05) is 117 Å². The van der Waals surface area contributed by atoms with Crippen molar-refractivity contribution in [3.05, 3.63) is 71.8 Å². The molecule has 26 heavy (non-hydrogen) atoms. The van der Waals surface area contributed by atoms with Crippen molar-refractivity contribution in [2.24, 2.45) is 0 Å². The number of hydrogen-bond donors (Lipinski definition) is 0. The van der Waals surface area contributed by atoms with Crippen LogP contribution in [0.5, 0.6) is 0 Å². The lowest BCUT2D eigenvalue weighted by molar-refractivity contribution is 0.209. The minimum absolute atomic E-state index is 0.127. The lowest BCUT2D eigenvalue weighted by Gasteiger charge is -2.67. The van der Waals surface area contributed by atoms with E-state index in [4.69, 9.17) is 0 Å². The van der Waals surface area contributed by atoms with Crippen molar-refractivity contribution < 1.29 is 0 Å². The van der Waals surface area contributed by atoms with E-state index in [-0.39, 0.29) is 13.3 Å². The van der Waals surface area contributed by atoms with Crippen LogP contribution in [0.25, 0.3) is 0 Å². The van der Waals surface area contributed by atoms with E-state index in [0.29, 0.717) is 15.5 Å². The fourth-order valence-corrected chi connectivity index (χ4v) is 12.1. The Hall–Kier alpha value is -1.13. The van der Waals surface area contributed by atoms with Gasteiger partial charge in [-0.25, -0.2) is 0 Å². The second-order valence-corrected chi connectivity index (χ2v) is 14.4. The van der Waals surface area contributed by atoms with Gasteiger partial charge in [0.05, 0.1) is 0 Å². The minimum Gasteiger partial charge on any atom is -0.0883 e. The molecule has 1 unspecified atom stereocenters. The van der Waals surface area contributed by atoms with Crippen molar-refractivity contribution in [2.45, 2.75) is 82.2 Å². The number of hydrogen-bond acceptors (Lipinski definition) is 0. The summed E-state index contributed by atoms with van der Waals surface area (Å²) in [7, 11) is -0.234. The van der Waals surface area contributed by atoms with E-state index in [9.17, 15) is 0 Å². The van der Waals surface area contributed by atoms with Crippen LogP contribution in [0.15, 0.2) is 60.7 Å². The second kappa shape index (κ2) is 6.49. The summed E-state index contributed by atoms with van der Waals surface area (Å²) < 4.78 is 0. The lowest BCUT2D eigenvalue weighted by Crippen LogP contribution is -2.61. The molecule has 0 amide bonds. The normalized spacial score (nSPS) is 22.9. The molecule has 3 rings (SSSR count). The molecule has 1 atom stereocenters. The Kier molecular flexibility index (Phi) is 4.90. The fourth-order valence-electron chi connectivity index (χ4n) is 6.05. The largest absolute Gasteiger partial charge is 0.0883 e. The number of benzene rings is 2. The molecule has 1 heteroatoms. The summed E-state index contributed by atoms with van der Waals surface area (Å²) in [6.07, 6.45) is 2.57. The molecule has 1 fully saturated rings. The third-order valence-corrected chi connectivity index (χ3v) is 10.6. The van der Waals surface area contributed by atoms with E-state index >= 15 is 0 Å². The Labute approximate surface area is 162 Å². The highest BCUT2D eigenvalue weighted by atomic mass is 31.1. The molecule has 0 aromatic heterocycles. The molecule has 1 aliphatic rings. The van der Waals surface area contributed by atoms with Crippen LogP contribution < -0.4 is 0 Å². The van der Waals surface area contributed by atoms with Crippen LogP contribution in [-0.2, 0) is 5.41 Å². The van der Waals surface area contributed by atoms with Gasteiger partial charge < -0.3 is 0 Å². The fraction of sp³-hybridized carbons (Fsp3) is 0.520. The molecule has 0 aliphatic heterocycles. The average molecular weight is 367 g/mol. The first kappa shape index (κ1) is 19.6. The van der Waals surface area contributed by atoms with Crippen LogP contribution in [0.1, 0.15) is 72.4 Å². The zero-order valence-electron chi connectivity index (χ0n) is 17.6. The van der Waals surface area contributed by atoms with Gasteiger partial charge in [-0.3, -0.25) is 0 Å². The smallest absolute Gasteiger partial charge is 0.0296 e. The summed E-state index contributed by atoms with van der Waals surface area (Å²) >= 11 is 0. The molecule has 0 N–H and O–H groups in total. The summed E-state index contributed by atoms with van der Waals surface area (Å²) in [4.78, 5) is 0. The summed E-state index contributed by atoms with van der Waals surface area (Å²) in [5, 5.41) is 0.927. The Morgan fingerprint density at radius 2 is 1.04 bits per heavy atom. The molecule has 0 bridgehead atoms. The van der Waals surface area contributed by atoms with Gasteiger partial charge in [-0.2, -0.15) is 0 Å². The van der Waals surface area contributed by atoms with Crippen molar-refractivity contribution in [3.63, 3.8) is 0 Å². The van der Waals surface area contributed by atoms with Gasteiger partial charge in [0.15, 0.2) is 0 Å². The van der Waals surface area contributed by atoms with Gasteiger partial charge in [0.25, 0.3) is 0 Å². The van der Waals surface area contributed by atoms with E-state index in [2.05, 4.69) is 109 Å². The molecule has 1 aliphatic carbocycles. The molecule has 1 saturated carbocycles. The Morgan fingerprint density at radius 1 is 0.654 bits per heavy atom. The van der Waals surface area contributed by atoms with Gasteiger partial charge in [0, 0.05) is 10.6 Å². The Bertz CT molecular complexity index is 680. The average Bonchev–Trinajstić information content (AvgIpc) is 2.53. The molecule has 2 aromatic rings. The predicted octanol–water partition coefficient (Wildman–Crippen LogP) is 7.60. The van der Waals surface area contributed by atoms with E-state index in [1.54, 1.807) is 0 Å². The second-order valence-electron chi connectivity index (χ2n) is 10.1. The maximum Gasteiger partial charge on any atom is 0.0296 e. The standard InChI is InChI=1S/C25H35P/c1-22(2,3)26(23(4,5)6)24(7)18-19-25(24,20-14-10-8-11-15-20)21-16-12-9-13-17-21/h8-17H,18-19H2,1-7H3. The summed E-state index contributed by atoms with van der Waals surface area (Å²) in [6.45, 7) is 17.4. The number of rotatable bonds is 3. The SMILES string of the molecule is CC(C)(C)P(C(C)(C)C)C1(C)CCC1(c1ccccc1)c1ccccc1. The summed E-state index contributed by atoms with van der Waals surface area (Å²) in [5.74, 6) is 0. The van der Waals surface area contributed by atoms with Crippen LogP contribution in [0.4, 0.5) is 0 Å². The molecular formula is C25H35P. The zero-order chi connectivity index (χ0) is 19.2. The molecule has 0 heterocycles. The Morgan fingerprint density at radius 3 is 1.31 bits per heavy atom. The van der Waals surface area contributed by atoms with Crippen molar-refractivity contribution in [1.29, 1.82) is 0 Å².